The van der Waals surface area contributed by atoms with Gasteiger partial charge in [-0.25, -0.2) is 4.79 Å². The molecule has 3 aromatic rings. The van der Waals surface area contributed by atoms with Crippen LogP contribution in [0, 0.1) is 0 Å². The zero-order valence-corrected chi connectivity index (χ0v) is 19.2. The van der Waals surface area contributed by atoms with Crippen LogP contribution in [0.4, 0.5) is 4.79 Å². The first kappa shape index (κ1) is 23.7. The number of aryl methyl sites for hydroxylation is 1. The van der Waals surface area contributed by atoms with Gasteiger partial charge in [0.05, 0.1) is 29.9 Å². The molecule has 2 N–H and O–H groups in total. The first-order valence-corrected chi connectivity index (χ1v) is 11.8. The van der Waals surface area contributed by atoms with Crippen molar-refractivity contribution >= 4 is 33.9 Å². The molecule has 0 bridgehead atoms. The molecule has 0 saturated carbocycles. The summed E-state index contributed by atoms with van der Waals surface area (Å²) in [5, 5.41) is 17.2. The molecule has 0 fully saturated rings. The van der Waals surface area contributed by atoms with Crippen molar-refractivity contribution in [2.24, 2.45) is 0 Å². The van der Waals surface area contributed by atoms with Gasteiger partial charge in [0, 0.05) is 5.39 Å². The largest absolute Gasteiger partial charge is 0.491 e. The van der Waals surface area contributed by atoms with Crippen LogP contribution in [0.15, 0.2) is 48.7 Å². The molecule has 0 aliphatic carbocycles. The number of aromatic carboxylic acids is 1. The predicted octanol–water partition coefficient (Wildman–Crippen LogP) is 4.99. The zero-order chi connectivity index (χ0) is 22.9. The topological polar surface area (TPSA) is 93.5 Å². The van der Waals surface area contributed by atoms with Gasteiger partial charge in [0.25, 0.3) is 5.24 Å². The summed E-state index contributed by atoms with van der Waals surface area (Å²) in [6.45, 7) is 4.80. The summed E-state index contributed by atoms with van der Waals surface area (Å²) in [4.78, 5) is 23.4. The number of thioether (sulfide) groups is 1. The third-order valence-corrected chi connectivity index (χ3v) is 5.74. The summed E-state index contributed by atoms with van der Waals surface area (Å²) in [5.41, 5.74) is 2.30. The smallest absolute Gasteiger partial charge is 0.335 e. The monoisotopic (exact) mass is 455 g/mol. The summed E-state index contributed by atoms with van der Waals surface area (Å²) < 4.78 is 7.74. The highest BCUT2D eigenvalue weighted by atomic mass is 32.2. The van der Waals surface area contributed by atoms with E-state index in [1.165, 1.54) is 17.3 Å². The molecule has 170 valence electrons. The van der Waals surface area contributed by atoms with Gasteiger partial charge in [-0.15, -0.1) is 0 Å². The van der Waals surface area contributed by atoms with Crippen molar-refractivity contribution in [3.8, 4) is 5.75 Å². The Hall–Kier alpha value is -3.00. The number of carbonyl (C=O) groups excluding carboxylic acids is 1. The minimum atomic E-state index is -0.976. The number of hydrogen-bond donors (Lipinski definition) is 2. The zero-order valence-electron chi connectivity index (χ0n) is 18.4. The molecule has 0 radical (unpaired) electrons. The van der Waals surface area contributed by atoms with Gasteiger partial charge < -0.3 is 15.2 Å². The Bertz CT molecular complexity index is 1050. The van der Waals surface area contributed by atoms with Gasteiger partial charge in [-0.05, 0) is 54.5 Å². The van der Waals surface area contributed by atoms with Gasteiger partial charge in [-0.1, -0.05) is 44.2 Å². The van der Waals surface area contributed by atoms with Crippen LogP contribution in [-0.2, 0) is 13.0 Å². The molecular weight excluding hydrogens is 426 g/mol. The fraction of sp³-hybridized carbons (Fsp3) is 0.375. The minimum Gasteiger partial charge on any atom is -0.491 e. The van der Waals surface area contributed by atoms with Crippen molar-refractivity contribution < 1.29 is 19.4 Å². The third kappa shape index (κ3) is 6.50. The molecule has 8 heteroatoms. The first-order chi connectivity index (χ1) is 15.5. The summed E-state index contributed by atoms with van der Waals surface area (Å²) in [5.74, 6) is 0.459. The number of ether oxygens (including phenoxy) is 1. The first-order valence-electron chi connectivity index (χ1n) is 10.8. The average Bonchev–Trinajstić information content (AvgIpc) is 3.18. The number of carbonyl (C=O) groups is 2. The molecule has 0 spiro atoms. The molecule has 32 heavy (non-hydrogen) atoms. The SMILES string of the molecule is CCCCc1ccc(OCC(Cn2ncc3cc(C(=O)O)ccc32)NC(=O)SCC)cc1. The van der Waals surface area contributed by atoms with Crippen LogP contribution < -0.4 is 10.1 Å². The molecule has 1 unspecified atom stereocenters. The lowest BCUT2D eigenvalue weighted by atomic mass is 10.1. The van der Waals surface area contributed by atoms with Crippen LogP contribution in [0.3, 0.4) is 0 Å². The third-order valence-electron chi connectivity index (χ3n) is 5.07. The molecule has 1 atom stereocenters. The van der Waals surface area contributed by atoms with E-state index >= 15 is 0 Å². The van der Waals surface area contributed by atoms with E-state index in [1.807, 2.05) is 19.1 Å². The molecule has 0 saturated heterocycles. The second kappa shape index (κ2) is 11.6. The number of carboxylic acids is 1. The Kier molecular flexibility index (Phi) is 8.56. The normalized spacial score (nSPS) is 11.9. The van der Waals surface area contributed by atoms with Gasteiger partial charge in [0.15, 0.2) is 0 Å². The minimum absolute atomic E-state index is 0.111. The van der Waals surface area contributed by atoms with Crippen LogP contribution in [-0.4, -0.2) is 44.5 Å². The van der Waals surface area contributed by atoms with Crippen LogP contribution >= 0.6 is 11.8 Å². The number of fused-ring (bicyclic) bond motifs is 1. The van der Waals surface area contributed by atoms with E-state index in [1.54, 1.807) is 29.1 Å². The summed E-state index contributed by atoms with van der Waals surface area (Å²) in [6.07, 6.45) is 5.02. The van der Waals surface area contributed by atoms with E-state index in [0.717, 1.165) is 35.9 Å². The molecule has 1 aromatic heterocycles. The van der Waals surface area contributed by atoms with Gasteiger partial charge in [-0.3, -0.25) is 9.48 Å². The van der Waals surface area contributed by atoms with Gasteiger partial charge >= 0.3 is 5.97 Å². The van der Waals surface area contributed by atoms with Crippen LogP contribution in [0.5, 0.6) is 5.75 Å². The summed E-state index contributed by atoms with van der Waals surface area (Å²) in [6, 6.07) is 12.7. The van der Waals surface area contributed by atoms with Crippen molar-refractivity contribution in [3.05, 3.63) is 59.8 Å². The van der Waals surface area contributed by atoms with Gasteiger partial charge in [0.2, 0.25) is 0 Å². The van der Waals surface area contributed by atoms with E-state index in [9.17, 15) is 14.7 Å². The van der Waals surface area contributed by atoms with Crippen molar-refractivity contribution in [2.75, 3.05) is 12.4 Å². The number of nitrogens with zero attached hydrogens (tertiary/aromatic N) is 2. The Labute approximate surface area is 192 Å². The number of nitrogens with one attached hydrogen (secondary N) is 1. The van der Waals surface area contributed by atoms with Gasteiger partial charge in [0.1, 0.15) is 12.4 Å². The quantitative estimate of drug-likeness (QED) is 0.423. The number of hydrogen-bond acceptors (Lipinski definition) is 5. The molecule has 7 nitrogen and oxygen atoms in total. The molecule has 2 aromatic carbocycles. The number of aromatic nitrogens is 2. The highest BCUT2D eigenvalue weighted by molar-refractivity contribution is 8.13. The maximum atomic E-state index is 12.2. The number of rotatable bonds is 11. The highest BCUT2D eigenvalue weighted by Gasteiger charge is 2.17. The van der Waals surface area contributed by atoms with Crippen molar-refractivity contribution in [2.45, 2.75) is 45.7 Å². The maximum absolute atomic E-state index is 12.2. The number of carboxylic acid groups (broad SMARTS) is 1. The second-order valence-corrected chi connectivity index (χ2v) is 8.76. The van der Waals surface area contributed by atoms with Crippen molar-refractivity contribution in [1.29, 1.82) is 0 Å². The summed E-state index contributed by atoms with van der Waals surface area (Å²) >= 11 is 1.21. The average molecular weight is 456 g/mol. The van der Waals surface area contributed by atoms with Crippen LogP contribution in [0.1, 0.15) is 42.6 Å². The lowest BCUT2D eigenvalue weighted by molar-refractivity contribution is 0.0697. The lowest BCUT2D eigenvalue weighted by Gasteiger charge is -2.20. The van der Waals surface area contributed by atoms with Crippen LogP contribution in [0.2, 0.25) is 0 Å². The van der Waals surface area contributed by atoms with E-state index in [2.05, 4.69) is 29.5 Å². The lowest BCUT2D eigenvalue weighted by Crippen LogP contribution is -2.40. The molecule has 1 amide bonds. The highest BCUT2D eigenvalue weighted by Crippen LogP contribution is 2.18. The van der Waals surface area contributed by atoms with E-state index in [-0.39, 0.29) is 16.8 Å². The Morgan fingerprint density at radius 3 is 2.66 bits per heavy atom. The Morgan fingerprint density at radius 2 is 1.97 bits per heavy atom. The van der Waals surface area contributed by atoms with E-state index in [0.29, 0.717) is 18.9 Å². The fourth-order valence-electron chi connectivity index (χ4n) is 3.38. The van der Waals surface area contributed by atoms with Crippen molar-refractivity contribution in [3.63, 3.8) is 0 Å². The van der Waals surface area contributed by atoms with Gasteiger partial charge in [-0.2, -0.15) is 5.10 Å². The molecular formula is C24H29N3O4S. The fourth-order valence-corrected chi connectivity index (χ4v) is 3.90. The maximum Gasteiger partial charge on any atom is 0.335 e. The molecule has 1 heterocycles. The number of benzene rings is 2. The van der Waals surface area contributed by atoms with Crippen LogP contribution in [0.25, 0.3) is 10.9 Å². The van der Waals surface area contributed by atoms with Crippen molar-refractivity contribution in [1.82, 2.24) is 15.1 Å². The predicted molar refractivity (Wildman–Crippen MR) is 128 cm³/mol. The second-order valence-electron chi connectivity index (χ2n) is 7.53. The molecule has 3 rings (SSSR count). The Balaban J connectivity index is 1.70. The molecule has 0 aliphatic heterocycles. The number of amides is 1. The standard InChI is InChI=1S/C24H29N3O4S/c1-3-5-6-17-7-10-21(11-8-17)31-16-20(26-24(30)32-4-2)15-27-22-12-9-18(23(28)29)13-19(22)14-25-27/h7-14,20H,3-6,15-16H2,1-2H3,(H,26,30)(H,28,29). The van der Waals surface area contributed by atoms with E-state index < -0.39 is 5.97 Å². The van der Waals surface area contributed by atoms with E-state index in [4.69, 9.17) is 4.74 Å². The Morgan fingerprint density at radius 1 is 1.19 bits per heavy atom. The summed E-state index contributed by atoms with van der Waals surface area (Å²) in [7, 11) is 0. The molecule has 0 aliphatic rings. The number of unbranched alkanes of at least 4 members (excludes halogenated alkanes) is 1.